The average Bonchev–Trinajstić information content (AvgIpc) is 3.29. The third-order valence-electron chi connectivity index (χ3n) is 5.38. The molecule has 0 bridgehead atoms. The normalized spacial score (nSPS) is 15.2. The summed E-state index contributed by atoms with van der Waals surface area (Å²) in [6.07, 6.45) is 5.25. The Hall–Kier alpha value is -2.88. The van der Waals surface area contributed by atoms with Crippen LogP contribution in [0.5, 0.6) is 0 Å². The van der Waals surface area contributed by atoms with Crippen molar-refractivity contribution in [3.05, 3.63) is 89.6 Å². The molecule has 1 aliphatic heterocycles. The Morgan fingerprint density at radius 2 is 1.64 bits per heavy atom. The standard InChI is InChI=1S/C24H26N4O3S2/c29-23(20-32-24-25-12-13-27(24)19-22-9-5-2-6-10-22)26-14-16-28(17-15-26)33(30,31)18-11-21-7-3-1-4-8-21/h1-13,18H,14-17,19-20H2/b18-11+. The van der Waals surface area contributed by atoms with E-state index in [4.69, 9.17) is 0 Å². The highest BCUT2D eigenvalue weighted by Gasteiger charge is 2.27. The fraction of sp³-hybridized carbons (Fsp3) is 0.250. The highest BCUT2D eigenvalue weighted by Crippen LogP contribution is 2.19. The lowest BCUT2D eigenvalue weighted by Gasteiger charge is -2.33. The zero-order valence-corrected chi connectivity index (χ0v) is 19.8. The Kier molecular flexibility index (Phi) is 7.64. The van der Waals surface area contributed by atoms with E-state index in [1.807, 2.05) is 59.3 Å². The summed E-state index contributed by atoms with van der Waals surface area (Å²) in [6, 6.07) is 19.4. The molecule has 1 fully saturated rings. The Morgan fingerprint density at radius 1 is 0.970 bits per heavy atom. The number of carbonyl (C=O) groups is 1. The fourth-order valence-corrected chi connectivity index (χ4v) is 5.60. The molecule has 1 aliphatic rings. The van der Waals surface area contributed by atoms with Gasteiger partial charge in [-0.1, -0.05) is 72.4 Å². The average molecular weight is 483 g/mol. The molecule has 1 aromatic heterocycles. The first kappa shape index (κ1) is 23.3. The zero-order valence-electron chi connectivity index (χ0n) is 18.2. The number of hydrogen-bond acceptors (Lipinski definition) is 5. The molecule has 0 atom stereocenters. The quantitative estimate of drug-likeness (QED) is 0.461. The molecule has 4 rings (SSSR count). The maximum absolute atomic E-state index is 12.7. The van der Waals surface area contributed by atoms with E-state index >= 15 is 0 Å². The summed E-state index contributed by atoms with van der Waals surface area (Å²) in [7, 11) is -3.52. The van der Waals surface area contributed by atoms with Crippen LogP contribution in [0.3, 0.4) is 0 Å². The fourth-order valence-electron chi connectivity index (χ4n) is 3.56. The van der Waals surface area contributed by atoms with Crippen LogP contribution in [0.4, 0.5) is 0 Å². The van der Waals surface area contributed by atoms with Crippen LogP contribution in [0, 0.1) is 0 Å². The van der Waals surface area contributed by atoms with Gasteiger partial charge in [0, 0.05) is 50.5 Å². The van der Waals surface area contributed by atoms with Crippen LogP contribution in [0.2, 0.25) is 0 Å². The Balaban J connectivity index is 1.27. The third-order valence-corrected chi connectivity index (χ3v) is 7.94. The molecule has 0 unspecified atom stereocenters. The topological polar surface area (TPSA) is 75.5 Å². The first-order chi connectivity index (χ1) is 16.0. The van der Waals surface area contributed by atoms with Gasteiger partial charge in [0.1, 0.15) is 0 Å². The summed E-state index contributed by atoms with van der Waals surface area (Å²) < 4.78 is 28.7. The van der Waals surface area contributed by atoms with Crippen molar-refractivity contribution in [2.75, 3.05) is 31.9 Å². The van der Waals surface area contributed by atoms with Gasteiger partial charge in [0.15, 0.2) is 5.16 Å². The first-order valence-corrected chi connectivity index (χ1v) is 13.2. The van der Waals surface area contributed by atoms with Gasteiger partial charge in [-0.3, -0.25) is 4.79 Å². The molecule has 2 aromatic carbocycles. The van der Waals surface area contributed by atoms with Gasteiger partial charge in [0.05, 0.1) is 5.75 Å². The SMILES string of the molecule is O=C(CSc1nccn1Cc1ccccc1)N1CCN(S(=O)(=O)/C=C/c2ccccc2)CC1. The summed E-state index contributed by atoms with van der Waals surface area (Å²) in [5, 5.41) is 2.03. The molecule has 33 heavy (non-hydrogen) atoms. The van der Waals surface area contributed by atoms with Crippen LogP contribution < -0.4 is 0 Å². The summed E-state index contributed by atoms with van der Waals surface area (Å²) in [5.74, 6) is 0.262. The molecule has 7 nitrogen and oxygen atoms in total. The van der Waals surface area contributed by atoms with Crippen molar-refractivity contribution in [2.45, 2.75) is 11.7 Å². The molecule has 0 N–H and O–H groups in total. The Morgan fingerprint density at radius 3 is 2.33 bits per heavy atom. The lowest BCUT2D eigenvalue weighted by atomic mass is 10.2. The van der Waals surface area contributed by atoms with Crippen LogP contribution in [-0.4, -0.2) is 65.0 Å². The number of carbonyl (C=O) groups excluding carboxylic acids is 1. The monoisotopic (exact) mass is 482 g/mol. The molecule has 172 valence electrons. The van der Waals surface area contributed by atoms with Crippen LogP contribution >= 0.6 is 11.8 Å². The molecule has 0 radical (unpaired) electrons. The molecule has 3 aromatic rings. The molecule has 1 saturated heterocycles. The zero-order chi connectivity index (χ0) is 23.1. The van der Waals surface area contributed by atoms with E-state index in [1.165, 1.54) is 27.0 Å². The van der Waals surface area contributed by atoms with Crippen molar-refractivity contribution >= 4 is 33.8 Å². The third kappa shape index (κ3) is 6.34. The van der Waals surface area contributed by atoms with Gasteiger partial charge in [-0.05, 0) is 17.2 Å². The summed E-state index contributed by atoms with van der Waals surface area (Å²) in [5.41, 5.74) is 2.00. The maximum Gasteiger partial charge on any atom is 0.236 e. The molecule has 0 spiro atoms. The molecular weight excluding hydrogens is 456 g/mol. The van der Waals surface area contributed by atoms with Crippen LogP contribution in [0.1, 0.15) is 11.1 Å². The van der Waals surface area contributed by atoms with Crippen LogP contribution in [0.15, 0.2) is 83.6 Å². The van der Waals surface area contributed by atoms with Gasteiger partial charge in [0.2, 0.25) is 15.9 Å². The minimum Gasteiger partial charge on any atom is -0.339 e. The smallest absolute Gasteiger partial charge is 0.236 e. The van der Waals surface area contributed by atoms with Gasteiger partial charge in [-0.15, -0.1) is 0 Å². The summed E-state index contributed by atoms with van der Waals surface area (Å²) in [4.78, 5) is 18.8. The highest BCUT2D eigenvalue weighted by atomic mass is 32.2. The van der Waals surface area contributed by atoms with E-state index in [2.05, 4.69) is 17.1 Å². The van der Waals surface area contributed by atoms with Crippen molar-refractivity contribution in [1.29, 1.82) is 0 Å². The molecular formula is C24H26N4O3S2. The molecule has 9 heteroatoms. The van der Waals surface area contributed by atoms with Gasteiger partial charge < -0.3 is 9.47 Å². The lowest BCUT2D eigenvalue weighted by molar-refractivity contribution is -0.129. The minimum absolute atomic E-state index is 0.00821. The van der Waals surface area contributed by atoms with Crippen LogP contribution in [-0.2, 0) is 21.4 Å². The number of hydrogen-bond donors (Lipinski definition) is 0. The van der Waals surface area contributed by atoms with E-state index in [9.17, 15) is 13.2 Å². The molecule has 0 aliphatic carbocycles. The number of sulfonamides is 1. The molecule has 2 heterocycles. The minimum atomic E-state index is -3.52. The Labute approximate surface area is 198 Å². The first-order valence-electron chi connectivity index (χ1n) is 10.7. The van der Waals surface area contributed by atoms with Crippen molar-refractivity contribution in [3.63, 3.8) is 0 Å². The molecule has 0 saturated carbocycles. The predicted molar refractivity (Wildman–Crippen MR) is 131 cm³/mol. The number of thioether (sulfide) groups is 1. The number of aromatic nitrogens is 2. The van der Waals surface area contributed by atoms with E-state index < -0.39 is 10.0 Å². The van der Waals surface area contributed by atoms with E-state index in [0.29, 0.717) is 32.7 Å². The largest absolute Gasteiger partial charge is 0.339 e. The number of amides is 1. The van der Waals surface area contributed by atoms with Crippen molar-refractivity contribution in [1.82, 2.24) is 18.8 Å². The number of nitrogens with zero attached hydrogens (tertiary/aromatic N) is 4. The number of rotatable bonds is 8. The lowest BCUT2D eigenvalue weighted by Crippen LogP contribution is -2.50. The van der Waals surface area contributed by atoms with Gasteiger partial charge in [0.25, 0.3) is 0 Å². The maximum atomic E-state index is 12.7. The van der Waals surface area contributed by atoms with Crippen molar-refractivity contribution in [3.8, 4) is 0 Å². The number of piperazine rings is 1. The van der Waals surface area contributed by atoms with E-state index in [1.54, 1.807) is 17.2 Å². The predicted octanol–water partition coefficient (Wildman–Crippen LogP) is 3.17. The summed E-state index contributed by atoms with van der Waals surface area (Å²) in [6.45, 7) is 2.05. The Bertz CT molecular complexity index is 1190. The van der Waals surface area contributed by atoms with E-state index in [-0.39, 0.29) is 11.7 Å². The second-order valence-electron chi connectivity index (χ2n) is 7.65. The van der Waals surface area contributed by atoms with Gasteiger partial charge in [-0.2, -0.15) is 4.31 Å². The van der Waals surface area contributed by atoms with Crippen LogP contribution in [0.25, 0.3) is 6.08 Å². The van der Waals surface area contributed by atoms with Gasteiger partial charge >= 0.3 is 0 Å². The van der Waals surface area contributed by atoms with E-state index in [0.717, 1.165) is 10.7 Å². The number of benzene rings is 2. The number of imidazole rings is 1. The van der Waals surface area contributed by atoms with Crippen molar-refractivity contribution in [2.24, 2.45) is 0 Å². The van der Waals surface area contributed by atoms with Gasteiger partial charge in [-0.25, -0.2) is 13.4 Å². The molecule has 1 amide bonds. The summed E-state index contributed by atoms with van der Waals surface area (Å²) >= 11 is 1.40. The van der Waals surface area contributed by atoms with Crippen molar-refractivity contribution < 1.29 is 13.2 Å². The second-order valence-corrected chi connectivity index (χ2v) is 10.4. The highest BCUT2D eigenvalue weighted by molar-refractivity contribution is 7.99. The second kappa shape index (κ2) is 10.8.